The standard InChI is InChI=1S/C17H13Cl2N3O4/c1-9(23)25-8-15(24)20-11-2-4-12(5-3-11)21-17-22-14-7-10(18)6-13(19)16(14)26-17/h2-7H,8H2,1H3,(H,20,24)(H,21,22). The van der Waals surface area contributed by atoms with Gasteiger partial charge < -0.3 is 19.8 Å². The van der Waals surface area contributed by atoms with Gasteiger partial charge in [-0.05, 0) is 36.4 Å². The lowest BCUT2D eigenvalue weighted by Crippen LogP contribution is -2.19. The minimum Gasteiger partial charge on any atom is -0.456 e. The molecule has 0 bridgehead atoms. The molecule has 0 aliphatic rings. The van der Waals surface area contributed by atoms with Crippen molar-refractivity contribution in [3.05, 3.63) is 46.4 Å². The molecule has 0 aliphatic carbocycles. The zero-order chi connectivity index (χ0) is 18.7. The highest BCUT2D eigenvalue weighted by molar-refractivity contribution is 6.38. The summed E-state index contributed by atoms with van der Waals surface area (Å²) in [4.78, 5) is 26.6. The van der Waals surface area contributed by atoms with Gasteiger partial charge in [0.1, 0.15) is 5.52 Å². The highest BCUT2D eigenvalue weighted by Gasteiger charge is 2.11. The molecule has 0 atom stereocenters. The Morgan fingerprint density at radius 2 is 1.85 bits per heavy atom. The number of hydrogen-bond acceptors (Lipinski definition) is 6. The highest BCUT2D eigenvalue weighted by atomic mass is 35.5. The number of aromatic nitrogens is 1. The number of oxazole rings is 1. The molecule has 2 aromatic carbocycles. The number of halogens is 2. The fraction of sp³-hybridized carbons (Fsp3) is 0.118. The molecule has 26 heavy (non-hydrogen) atoms. The molecule has 2 N–H and O–H groups in total. The summed E-state index contributed by atoms with van der Waals surface area (Å²) in [6, 6.07) is 10.3. The topological polar surface area (TPSA) is 93.5 Å². The number of ether oxygens (including phenoxy) is 1. The van der Waals surface area contributed by atoms with Crippen LogP contribution < -0.4 is 10.6 Å². The van der Waals surface area contributed by atoms with E-state index >= 15 is 0 Å². The third kappa shape index (κ3) is 4.44. The summed E-state index contributed by atoms with van der Waals surface area (Å²) in [5, 5.41) is 6.45. The minimum absolute atomic E-state index is 0.260. The van der Waals surface area contributed by atoms with Crippen molar-refractivity contribution >= 4 is 63.6 Å². The summed E-state index contributed by atoms with van der Waals surface area (Å²) in [7, 11) is 0. The lowest BCUT2D eigenvalue weighted by Gasteiger charge is -2.06. The van der Waals surface area contributed by atoms with Gasteiger partial charge in [-0.1, -0.05) is 23.2 Å². The average molecular weight is 394 g/mol. The quantitative estimate of drug-likeness (QED) is 0.624. The van der Waals surface area contributed by atoms with E-state index in [4.69, 9.17) is 27.6 Å². The Bertz CT molecular complexity index is 970. The van der Waals surface area contributed by atoms with Crippen molar-refractivity contribution in [1.82, 2.24) is 4.98 Å². The maximum atomic E-state index is 11.6. The summed E-state index contributed by atoms with van der Waals surface area (Å²) in [5.41, 5.74) is 2.23. The van der Waals surface area contributed by atoms with Crippen molar-refractivity contribution in [1.29, 1.82) is 0 Å². The van der Waals surface area contributed by atoms with Crippen molar-refractivity contribution in [3.8, 4) is 0 Å². The van der Waals surface area contributed by atoms with Gasteiger partial charge in [-0.2, -0.15) is 4.98 Å². The summed E-state index contributed by atoms with van der Waals surface area (Å²) in [5.74, 6) is -0.939. The number of amides is 1. The molecule has 0 saturated carbocycles. The lowest BCUT2D eigenvalue weighted by molar-refractivity contribution is -0.144. The fourth-order valence-corrected chi connectivity index (χ4v) is 2.66. The maximum absolute atomic E-state index is 11.6. The summed E-state index contributed by atoms with van der Waals surface area (Å²) < 4.78 is 10.2. The normalized spacial score (nSPS) is 10.6. The van der Waals surface area contributed by atoms with Crippen LogP contribution >= 0.6 is 23.2 Å². The van der Waals surface area contributed by atoms with Crippen LogP contribution in [0.4, 0.5) is 17.4 Å². The largest absolute Gasteiger partial charge is 0.456 e. The van der Waals surface area contributed by atoms with Crippen molar-refractivity contribution in [2.75, 3.05) is 17.2 Å². The van der Waals surface area contributed by atoms with E-state index in [2.05, 4.69) is 20.4 Å². The van der Waals surface area contributed by atoms with E-state index in [0.29, 0.717) is 32.5 Å². The predicted octanol–water partition coefficient (Wildman–Crippen LogP) is 4.38. The third-order valence-electron chi connectivity index (χ3n) is 3.24. The minimum atomic E-state index is -0.514. The van der Waals surface area contributed by atoms with Gasteiger partial charge in [-0.25, -0.2) is 0 Å². The molecule has 0 fully saturated rings. The molecule has 0 aliphatic heterocycles. The monoisotopic (exact) mass is 393 g/mol. The molecule has 3 aromatic rings. The number of carbonyl (C=O) groups excluding carboxylic acids is 2. The Labute approximate surface area is 158 Å². The van der Waals surface area contributed by atoms with Gasteiger partial charge in [0.2, 0.25) is 0 Å². The van der Waals surface area contributed by atoms with Crippen LogP contribution in [0.15, 0.2) is 40.8 Å². The van der Waals surface area contributed by atoms with E-state index in [-0.39, 0.29) is 12.6 Å². The predicted molar refractivity (Wildman–Crippen MR) is 99.0 cm³/mol. The second kappa shape index (κ2) is 7.63. The second-order valence-corrected chi connectivity index (χ2v) is 6.13. The first kappa shape index (κ1) is 18.0. The molecule has 3 rings (SSSR count). The SMILES string of the molecule is CC(=O)OCC(=O)Nc1ccc(Nc2nc3cc(Cl)cc(Cl)c3o2)cc1. The van der Waals surface area contributed by atoms with Gasteiger partial charge in [0.15, 0.2) is 12.2 Å². The maximum Gasteiger partial charge on any atom is 0.303 e. The number of esters is 1. The van der Waals surface area contributed by atoms with Gasteiger partial charge in [-0.15, -0.1) is 0 Å². The van der Waals surface area contributed by atoms with E-state index in [1.54, 1.807) is 36.4 Å². The van der Waals surface area contributed by atoms with Crippen LogP contribution in [0.1, 0.15) is 6.92 Å². The molecule has 1 amide bonds. The average Bonchev–Trinajstić information content (AvgIpc) is 2.97. The highest BCUT2D eigenvalue weighted by Crippen LogP contribution is 2.31. The first-order valence-corrected chi connectivity index (χ1v) is 8.22. The summed E-state index contributed by atoms with van der Waals surface area (Å²) in [6.45, 7) is 0.905. The van der Waals surface area contributed by atoms with Gasteiger partial charge in [0, 0.05) is 23.3 Å². The van der Waals surface area contributed by atoms with Crippen molar-refractivity contribution in [2.45, 2.75) is 6.92 Å². The van der Waals surface area contributed by atoms with E-state index in [1.807, 2.05) is 0 Å². The van der Waals surface area contributed by atoms with Crippen LogP contribution in [0.25, 0.3) is 11.1 Å². The molecule has 134 valence electrons. The van der Waals surface area contributed by atoms with Crippen LogP contribution in [0, 0.1) is 0 Å². The Hall–Kier alpha value is -2.77. The van der Waals surface area contributed by atoms with Crippen molar-refractivity contribution < 1.29 is 18.7 Å². The Balaban J connectivity index is 1.67. The number of carbonyl (C=O) groups is 2. The summed E-state index contributed by atoms with van der Waals surface area (Å²) >= 11 is 12.0. The number of nitrogens with zero attached hydrogens (tertiary/aromatic N) is 1. The first-order valence-electron chi connectivity index (χ1n) is 7.46. The Morgan fingerprint density at radius 1 is 1.15 bits per heavy atom. The van der Waals surface area contributed by atoms with Crippen LogP contribution in [-0.4, -0.2) is 23.5 Å². The number of hydrogen-bond donors (Lipinski definition) is 2. The van der Waals surface area contributed by atoms with E-state index in [1.165, 1.54) is 6.92 Å². The molecule has 0 unspecified atom stereocenters. The van der Waals surface area contributed by atoms with Crippen molar-refractivity contribution in [2.24, 2.45) is 0 Å². The smallest absolute Gasteiger partial charge is 0.303 e. The molecular weight excluding hydrogens is 381 g/mol. The fourth-order valence-electron chi connectivity index (χ4n) is 2.14. The number of benzene rings is 2. The van der Waals surface area contributed by atoms with Crippen LogP contribution in [0.5, 0.6) is 0 Å². The van der Waals surface area contributed by atoms with Gasteiger partial charge >= 0.3 is 5.97 Å². The molecule has 1 aromatic heterocycles. The number of anilines is 3. The molecule has 1 heterocycles. The molecule has 0 saturated heterocycles. The zero-order valence-corrected chi connectivity index (χ0v) is 15.0. The Kier molecular flexibility index (Phi) is 5.29. The van der Waals surface area contributed by atoms with Gasteiger partial charge in [0.05, 0.1) is 5.02 Å². The van der Waals surface area contributed by atoms with Crippen LogP contribution in [-0.2, 0) is 14.3 Å². The molecule has 9 heteroatoms. The number of rotatable bonds is 5. The zero-order valence-electron chi connectivity index (χ0n) is 13.5. The second-order valence-electron chi connectivity index (χ2n) is 5.29. The van der Waals surface area contributed by atoms with E-state index < -0.39 is 11.9 Å². The van der Waals surface area contributed by atoms with Crippen LogP contribution in [0.2, 0.25) is 10.0 Å². The number of nitrogens with one attached hydrogen (secondary N) is 2. The molecule has 0 radical (unpaired) electrons. The van der Waals surface area contributed by atoms with E-state index in [9.17, 15) is 9.59 Å². The van der Waals surface area contributed by atoms with Gasteiger partial charge in [-0.3, -0.25) is 9.59 Å². The van der Waals surface area contributed by atoms with Crippen LogP contribution in [0.3, 0.4) is 0 Å². The third-order valence-corrected chi connectivity index (χ3v) is 3.73. The molecule has 7 nitrogen and oxygen atoms in total. The lowest BCUT2D eigenvalue weighted by atomic mass is 10.3. The van der Waals surface area contributed by atoms with Crippen molar-refractivity contribution in [3.63, 3.8) is 0 Å². The Morgan fingerprint density at radius 3 is 2.54 bits per heavy atom. The molecular formula is C17H13Cl2N3O4. The molecule has 0 spiro atoms. The number of fused-ring (bicyclic) bond motifs is 1. The van der Waals surface area contributed by atoms with E-state index in [0.717, 1.165) is 0 Å². The van der Waals surface area contributed by atoms with Gasteiger partial charge in [0.25, 0.3) is 11.9 Å². The summed E-state index contributed by atoms with van der Waals surface area (Å²) in [6.07, 6.45) is 0. The first-order chi connectivity index (χ1) is 12.4.